The van der Waals surface area contributed by atoms with Crippen molar-refractivity contribution in [3.63, 3.8) is 0 Å². The van der Waals surface area contributed by atoms with E-state index in [2.05, 4.69) is 5.10 Å². The summed E-state index contributed by atoms with van der Waals surface area (Å²) in [6.45, 7) is 1.61. The van der Waals surface area contributed by atoms with Gasteiger partial charge in [-0.25, -0.2) is 4.39 Å². The number of hydrogen-bond donors (Lipinski definition) is 0. The van der Waals surface area contributed by atoms with Gasteiger partial charge >= 0.3 is 0 Å². The van der Waals surface area contributed by atoms with E-state index in [9.17, 15) is 9.18 Å². The number of aryl methyl sites for hydroxylation is 2. The third-order valence-corrected chi connectivity index (χ3v) is 4.18. The number of carbonyl (C=O) groups excluding carboxylic acids is 1. The largest absolute Gasteiger partial charge is 0.370 e. The van der Waals surface area contributed by atoms with Crippen molar-refractivity contribution in [2.24, 2.45) is 7.05 Å². The monoisotopic (exact) mass is 317 g/mol. The first-order valence-corrected chi connectivity index (χ1v) is 7.75. The number of carbonyl (C=O) groups is 1. The van der Waals surface area contributed by atoms with Gasteiger partial charge in [-0.1, -0.05) is 12.1 Å². The first-order chi connectivity index (χ1) is 11.1. The zero-order chi connectivity index (χ0) is 16.2. The molecule has 6 heteroatoms. The van der Waals surface area contributed by atoms with Crippen LogP contribution in [0.1, 0.15) is 23.8 Å². The Bertz CT molecular complexity index is 669. The maximum absolute atomic E-state index is 13.0. The minimum atomic E-state index is -0.270. The fourth-order valence-electron chi connectivity index (χ4n) is 2.79. The highest BCUT2D eigenvalue weighted by atomic mass is 19.1. The van der Waals surface area contributed by atoms with Crippen LogP contribution < -0.4 is 0 Å². The van der Waals surface area contributed by atoms with Crippen molar-refractivity contribution < 1.29 is 13.9 Å². The normalized spacial score (nSPS) is 18.2. The average molecular weight is 317 g/mol. The van der Waals surface area contributed by atoms with Crippen molar-refractivity contribution in [2.45, 2.75) is 18.9 Å². The fourth-order valence-corrected chi connectivity index (χ4v) is 2.79. The molecule has 3 rings (SSSR count). The molecule has 23 heavy (non-hydrogen) atoms. The summed E-state index contributed by atoms with van der Waals surface area (Å²) in [4.78, 5) is 14.2. The molecule has 1 atom stereocenters. The average Bonchev–Trinajstić information content (AvgIpc) is 2.98. The third kappa shape index (κ3) is 3.76. The molecule has 1 fully saturated rings. The maximum atomic E-state index is 13.0. The summed E-state index contributed by atoms with van der Waals surface area (Å²) < 4.78 is 20.5. The van der Waals surface area contributed by atoms with Crippen molar-refractivity contribution in [1.29, 1.82) is 0 Å². The number of benzene rings is 1. The van der Waals surface area contributed by atoms with Gasteiger partial charge in [0, 0.05) is 31.9 Å². The molecule has 1 aliphatic rings. The van der Waals surface area contributed by atoms with Gasteiger partial charge in [0.05, 0.1) is 13.2 Å². The van der Waals surface area contributed by atoms with Gasteiger partial charge in [-0.3, -0.25) is 9.48 Å². The van der Waals surface area contributed by atoms with Gasteiger partial charge in [0.2, 0.25) is 5.91 Å². The lowest BCUT2D eigenvalue weighted by atomic mass is 10.1. The Labute approximate surface area is 134 Å². The van der Waals surface area contributed by atoms with Crippen LogP contribution in [-0.4, -0.2) is 40.3 Å². The molecule has 1 amide bonds. The van der Waals surface area contributed by atoms with E-state index in [1.54, 1.807) is 23.0 Å². The predicted molar refractivity (Wildman–Crippen MR) is 83.2 cm³/mol. The summed E-state index contributed by atoms with van der Waals surface area (Å²) in [5.74, 6) is -0.157. The Balaban J connectivity index is 1.58. The molecular weight excluding hydrogens is 297 g/mol. The lowest BCUT2D eigenvalue weighted by Gasteiger charge is -2.33. The van der Waals surface area contributed by atoms with E-state index in [4.69, 9.17) is 4.74 Å². The Morgan fingerprint density at radius 2 is 2.13 bits per heavy atom. The number of morpholine rings is 1. The van der Waals surface area contributed by atoms with Crippen LogP contribution in [0.4, 0.5) is 4.39 Å². The minimum Gasteiger partial charge on any atom is -0.370 e. The third-order valence-electron chi connectivity index (χ3n) is 4.18. The van der Waals surface area contributed by atoms with Gasteiger partial charge < -0.3 is 9.64 Å². The molecule has 0 unspecified atom stereocenters. The summed E-state index contributed by atoms with van der Waals surface area (Å²) >= 11 is 0. The summed E-state index contributed by atoms with van der Waals surface area (Å²) in [5, 5.41) is 4.11. The summed E-state index contributed by atoms with van der Waals surface area (Å²) in [6.07, 6.45) is 2.67. The molecular formula is C17H20FN3O2. The lowest BCUT2D eigenvalue weighted by molar-refractivity contribution is -0.139. The number of rotatable bonds is 4. The van der Waals surface area contributed by atoms with Crippen LogP contribution in [0.25, 0.3) is 0 Å². The Hall–Kier alpha value is -2.21. The number of nitrogens with zero attached hydrogens (tertiary/aromatic N) is 3. The SMILES string of the molecule is Cn1nccc1CCC(=O)N1CCO[C@@H](c2ccc(F)cc2)C1. The Kier molecular flexibility index (Phi) is 4.71. The van der Waals surface area contributed by atoms with Crippen molar-refractivity contribution in [3.8, 4) is 0 Å². The predicted octanol–water partition coefficient (Wildman–Crippen LogP) is 2.09. The first kappa shape index (κ1) is 15.7. The van der Waals surface area contributed by atoms with Crippen LogP contribution in [0.2, 0.25) is 0 Å². The number of hydrogen-bond acceptors (Lipinski definition) is 3. The molecule has 1 saturated heterocycles. The highest BCUT2D eigenvalue weighted by Gasteiger charge is 2.25. The van der Waals surface area contributed by atoms with Crippen molar-refractivity contribution in [1.82, 2.24) is 14.7 Å². The molecule has 0 N–H and O–H groups in total. The van der Waals surface area contributed by atoms with Crippen molar-refractivity contribution >= 4 is 5.91 Å². The van der Waals surface area contributed by atoms with Crippen LogP contribution in [0, 0.1) is 5.82 Å². The highest BCUT2D eigenvalue weighted by Crippen LogP contribution is 2.23. The molecule has 0 radical (unpaired) electrons. The van der Waals surface area contributed by atoms with Crippen LogP contribution in [-0.2, 0) is 23.0 Å². The number of aromatic nitrogens is 2. The lowest BCUT2D eigenvalue weighted by Crippen LogP contribution is -2.42. The van der Waals surface area contributed by atoms with Crippen molar-refractivity contribution in [2.75, 3.05) is 19.7 Å². The van der Waals surface area contributed by atoms with Crippen LogP contribution in [0.15, 0.2) is 36.5 Å². The molecule has 122 valence electrons. The molecule has 2 aromatic rings. The molecule has 2 heterocycles. The van der Waals surface area contributed by atoms with E-state index in [0.717, 1.165) is 11.3 Å². The second kappa shape index (κ2) is 6.91. The van der Waals surface area contributed by atoms with Gasteiger partial charge in [-0.05, 0) is 30.2 Å². The number of ether oxygens (including phenoxy) is 1. The van der Waals surface area contributed by atoms with Gasteiger partial charge in [-0.2, -0.15) is 5.10 Å². The van der Waals surface area contributed by atoms with Crippen LogP contribution in [0.3, 0.4) is 0 Å². The molecule has 0 spiro atoms. The molecule has 1 aromatic heterocycles. The highest BCUT2D eigenvalue weighted by molar-refractivity contribution is 5.76. The summed E-state index contributed by atoms with van der Waals surface area (Å²) in [5.41, 5.74) is 1.94. The van der Waals surface area contributed by atoms with Gasteiger partial charge in [0.1, 0.15) is 11.9 Å². The fraction of sp³-hybridized carbons (Fsp3) is 0.412. The smallest absolute Gasteiger partial charge is 0.223 e. The van der Waals surface area contributed by atoms with Crippen LogP contribution in [0.5, 0.6) is 0 Å². The van der Waals surface area contributed by atoms with Gasteiger partial charge in [0.15, 0.2) is 0 Å². The van der Waals surface area contributed by atoms with E-state index in [1.807, 2.05) is 18.0 Å². The molecule has 5 nitrogen and oxygen atoms in total. The standard InChI is InChI=1S/C17H20FN3O2/c1-20-15(8-9-19-20)6-7-17(22)21-10-11-23-16(12-21)13-2-4-14(18)5-3-13/h2-5,8-9,16H,6-7,10-12H2,1H3/t16-/m1/s1. The van der Waals surface area contributed by atoms with E-state index in [-0.39, 0.29) is 17.8 Å². The second-order valence-electron chi connectivity index (χ2n) is 5.70. The van der Waals surface area contributed by atoms with E-state index in [1.165, 1.54) is 12.1 Å². The maximum Gasteiger partial charge on any atom is 0.223 e. The molecule has 0 aliphatic carbocycles. The molecule has 0 saturated carbocycles. The van der Waals surface area contributed by atoms with Gasteiger partial charge in [-0.15, -0.1) is 0 Å². The number of halogens is 1. The molecule has 0 bridgehead atoms. The molecule has 1 aromatic carbocycles. The van der Waals surface area contributed by atoms with E-state index in [0.29, 0.717) is 32.5 Å². The van der Waals surface area contributed by atoms with Gasteiger partial charge in [0.25, 0.3) is 0 Å². The number of amides is 1. The zero-order valence-corrected chi connectivity index (χ0v) is 13.1. The quantitative estimate of drug-likeness (QED) is 0.867. The summed E-state index contributed by atoms with van der Waals surface area (Å²) in [7, 11) is 1.87. The second-order valence-corrected chi connectivity index (χ2v) is 5.70. The van der Waals surface area contributed by atoms with E-state index < -0.39 is 0 Å². The summed E-state index contributed by atoms with van der Waals surface area (Å²) in [6, 6.07) is 8.19. The molecule has 1 aliphatic heterocycles. The van der Waals surface area contributed by atoms with Crippen LogP contribution >= 0.6 is 0 Å². The Morgan fingerprint density at radius 1 is 1.35 bits per heavy atom. The topological polar surface area (TPSA) is 47.4 Å². The minimum absolute atomic E-state index is 0.113. The first-order valence-electron chi connectivity index (χ1n) is 7.75. The van der Waals surface area contributed by atoms with Crippen molar-refractivity contribution in [3.05, 3.63) is 53.6 Å². The Morgan fingerprint density at radius 3 is 2.83 bits per heavy atom. The van der Waals surface area contributed by atoms with E-state index >= 15 is 0 Å². The zero-order valence-electron chi connectivity index (χ0n) is 13.1.